The zero-order chi connectivity index (χ0) is 18.7. The normalized spacial score (nSPS) is 25.8. The number of piperidine rings is 1. The van der Waals surface area contributed by atoms with Gasteiger partial charge in [0.05, 0.1) is 33.3 Å². The molecular weight excluding hydrogens is 326 g/mol. The minimum Gasteiger partial charge on any atom is -0.497 e. The second-order valence-electron chi connectivity index (χ2n) is 8.25. The number of methoxy groups -OCH3 is 1. The minimum atomic E-state index is 0.0607. The maximum atomic E-state index is 13.0. The molecule has 26 heavy (non-hydrogen) atoms. The lowest BCUT2D eigenvalue weighted by atomic mass is 9.91. The Kier molecular flexibility index (Phi) is 6.07. The fourth-order valence-corrected chi connectivity index (χ4v) is 4.57. The van der Waals surface area contributed by atoms with Crippen molar-refractivity contribution >= 4 is 11.6 Å². The number of likely N-dealkylation sites (tertiary alicyclic amines) is 1. The highest BCUT2D eigenvalue weighted by molar-refractivity contribution is 5.80. The van der Waals surface area contributed by atoms with Crippen molar-refractivity contribution in [3.8, 4) is 5.75 Å². The highest BCUT2D eigenvalue weighted by atomic mass is 16.5. The third-order valence-corrected chi connectivity index (χ3v) is 6.01. The molecule has 2 saturated heterocycles. The molecule has 5 nitrogen and oxygen atoms in total. The van der Waals surface area contributed by atoms with Crippen molar-refractivity contribution in [3.05, 3.63) is 24.3 Å². The maximum absolute atomic E-state index is 13.0. The van der Waals surface area contributed by atoms with Crippen LogP contribution in [0.5, 0.6) is 5.75 Å². The largest absolute Gasteiger partial charge is 0.497 e. The van der Waals surface area contributed by atoms with Crippen LogP contribution in [0.1, 0.15) is 27.2 Å². The molecule has 2 heterocycles. The van der Waals surface area contributed by atoms with Crippen molar-refractivity contribution in [3.63, 3.8) is 0 Å². The lowest BCUT2D eigenvalue weighted by Gasteiger charge is -2.40. The van der Waals surface area contributed by atoms with Crippen LogP contribution in [-0.4, -0.2) is 63.2 Å². The van der Waals surface area contributed by atoms with Gasteiger partial charge in [-0.2, -0.15) is 0 Å². The Morgan fingerprint density at radius 1 is 1.12 bits per heavy atom. The Morgan fingerprint density at radius 3 is 2.23 bits per heavy atom. The second-order valence-corrected chi connectivity index (χ2v) is 8.25. The van der Waals surface area contributed by atoms with Gasteiger partial charge in [0.25, 0.3) is 5.91 Å². The molecule has 0 saturated carbocycles. The Hall–Kier alpha value is -1.75. The predicted octanol–water partition coefficient (Wildman–Crippen LogP) is 1.29. The third kappa shape index (κ3) is 4.32. The summed E-state index contributed by atoms with van der Waals surface area (Å²) in [6.45, 7) is 12.5. The van der Waals surface area contributed by atoms with Gasteiger partial charge in [-0.15, -0.1) is 0 Å². The first kappa shape index (κ1) is 19.0. The quantitative estimate of drug-likeness (QED) is 0.879. The third-order valence-electron chi connectivity index (χ3n) is 6.01. The Labute approximate surface area is 157 Å². The number of nitrogens with one attached hydrogen (secondary N) is 1. The monoisotopic (exact) mass is 360 g/mol. The van der Waals surface area contributed by atoms with E-state index in [1.807, 2.05) is 12.1 Å². The number of carbonyl (C=O) groups is 1. The van der Waals surface area contributed by atoms with Crippen LogP contribution in [0.2, 0.25) is 0 Å². The standard InChI is InChI=1S/C21H33N3O2/c1-16-13-17(2)15-24(14-16)21(25)18(3)22-9-11-23(12-10-22)19-5-7-20(26-4)8-6-19/h5-8,16-18H,9-15H2,1-4H3/p+1/t16-,17-,18-/m1/s1. The molecule has 2 fully saturated rings. The van der Waals surface area contributed by atoms with E-state index in [2.05, 4.69) is 42.7 Å². The summed E-state index contributed by atoms with van der Waals surface area (Å²) in [5, 5.41) is 0. The first-order valence-electron chi connectivity index (χ1n) is 10.00. The highest BCUT2D eigenvalue weighted by Gasteiger charge is 2.34. The number of quaternary nitrogens is 1. The summed E-state index contributed by atoms with van der Waals surface area (Å²) < 4.78 is 5.24. The van der Waals surface area contributed by atoms with Crippen molar-refractivity contribution in [2.45, 2.75) is 33.2 Å². The Morgan fingerprint density at radius 2 is 1.69 bits per heavy atom. The van der Waals surface area contributed by atoms with Crippen molar-refractivity contribution in [1.29, 1.82) is 0 Å². The fourth-order valence-electron chi connectivity index (χ4n) is 4.57. The molecule has 0 spiro atoms. The van der Waals surface area contributed by atoms with E-state index in [4.69, 9.17) is 4.74 Å². The summed E-state index contributed by atoms with van der Waals surface area (Å²) >= 11 is 0. The molecule has 0 aliphatic carbocycles. The summed E-state index contributed by atoms with van der Waals surface area (Å²) in [6.07, 6.45) is 1.24. The Bertz CT molecular complexity index is 586. The lowest BCUT2D eigenvalue weighted by molar-refractivity contribution is -0.915. The number of nitrogens with zero attached hydrogens (tertiary/aromatic N) is 2. The molecule has 0 unspecified atom stereocenters. The maximum Gasteiger partial charge on any atom is 0.280 e. The van der Waals surface area contributed by atoms with Crippen LogP contribution in [0.4, 0.5) is 5.69 Å². The summed E-state index contributed by atoms with van der Waals surface area (Å²) in [5.41, 5.74) is 1.24. The van der Waals surface area contributed by atoms with E-state index in [0.717, 1.165) is 45.0 Å². The molecule has 5 heteroatoms. The Balaban J connectivity index is 1.54. The van der Waals surface area contributed by atoms with Crippen molar-refractivity contribution in [2.75, 3.05) is 51.3 Å². The number of ether oxygens (including phenoxy) is 1. The van der Waals surface area contributed by atoms with Crippen LogP contribution in [0.25, 0.3) is 0 Å². The first-order chi connectivity index (χ1) is 12.5. The molecule has 144 valence electrons. The molecule has 2 aliphatic heterocycles. The van der Waals surface area contributed by atoms with Gasteiger partial charge in [0.15, 0.2) is 6.04 Å². The van der Waals surface area contributed by atoms with Crippen LogP contribution < -0.4 is 14.5 Å². The van der Waals surface area contributed by atoms with Crippen LogP contribution >= 0.6 is 0 Å². The van der Waals surface area contributed by atoms with E-state index in [0.29, 0.717) is 17.7 Å². The smallest absolute Gasteiger partial charge is 0.280 e. The summed E-state index contributed by atoms with van der Waals surface area (Å²) in [6, 6.07) is 8.33. The first-order valence-corrected chi connectivity index (χ1v) is 10.00. The molecule has 1 amide bonds. The van der Waals surface area contributed by atoms with E-state index >= 15 is 0 Å². The molecule has 0 radical (unpaired) electrons. The molecule has 3 atom stereocenters. The second kappa shape index (κ2) is 8.30. The molecule has 1 aromatic carbocycles. The number of rotatable bonds is 4. The summed E-state index contributed by atoms with van der Waals surface area (Å²) in [7, 11) is 1.69. The number of hydrogen-bond acceptors (Lipinski definition) is 3. The number of hydrogen-bond donors (Lipinski definition) is 1. The average Bonchev–Trinajstić information content (AvgIpc) is 2.66. The fraction of sp³-hybridized carbons (Fsp3) is 0.667. The zero-order valence-electron chi connectivity index (χ0n) is 16.7. The van der Waals surface area contributed by atoms with E-state index in [9.17, 15) is 4.79 Å². The molecule has 1 aromatic rings. The topological polar surface area (TPSA) is 37.2 Å². The summed E-state index contributed by atoms with van der Waals surface area (Å²) in [5.74, 6) is 2.48. The van der Waals surface area contributed by atoms with Crippen molar-refractivity contribution in [1.82, 2.24) is 4.90 Å². The van der Waals surface area contributed by atoms with Gasteiger partial charge in [0, 0.05) is 18.8 Å². The van der Waals surface area contributed by atoms with Gasteiger partial charge in [-0.1, -0.05) is 13.8 Å². The number of carbonyl (C=O) groups excluding carboxylic acids is 1. The van der Waals surface area contributed by atoms with Crippen molar-refractivity contribution in [2.24, 2.45) is 11.8 Å². The molecule has 3 rings (SSSR count). The van der Waals surface area contributed by atoms with E-state index < -0.39 is 0 Å². The van der Waals surface area contributed by atoms with E-state index in [1.54, 1.807) is 7.11 Å². The molecular formula is C21H34N3O2+. The summed E-state index contributed by atoms with van der Waals surface area (Å²) in [4.78, 5) is 18.9. The molecule has 0 bridgehead atoms. The van der Waals surface area contributed by atoms with Gasteiger partial charge >= 0.3 is 0 Å². The zero-order valence-corrected chi connectivity index (χ0v) is 16.7. The lowest BCUT2D eigenvalue weighted by Crippen LogP contribution is -3.19. The minimum absolute atomic E-state index is 0.0607. The van der Waals surface area contributed by atoms with Gasteiger partial charge in [-0.3, -0.25) is 4.79 Å². The van der Waals surface area contributed by atoms with Gasteiger partial charge in [0.2, 0.25) is 0 Å². The number of anilines is 1. The SMILES string of the molecule is COc1ccc(N2CC[NH+]([C@H](C)C(=O)N3C[C@H](C)C[C@@H](C)C3)CC2)cc1. The molecule has 0 aromatic heterocycles. The van der Waals surface area contributed by atoms with Crippen LogP contribution in [0.15, 0.2) is 24.3 Å². The van der Waals surface area contributed by atoms with Crippen LogP contribution in [-0.2, 0) is 4.79 Å². The average molecular weight is 361 g/mol. The van der Waals surface area contributed by atoms with Gasteiger partial charge in [0.1, 0.15) is 5.75 Å². The van der Waals surface area contributed by atoms with Crippen LogP contribution in [0, 0.1) is 11.8 Å². The van der Waals surface area contributed by atoms with Gasteiger partial charge in [-0.05, 0) is 49.4 Å². The van der Waals surface area contributed by atoms with Crippen molar-refractivity contribution < 1.29 is 14.4 Å². The number of piperazine rings is 1. The van der Waals surface area contributed by atoms with Gasteiger partial charge in [-0.25, -0.2) is 0 Å². The molecule has 1 N–H and O–H groups in total. The number of benzene rings is 1. The van der Waals surface area contributed by atoms with Gasteiger partial charge < -0.3 is 19.4 Å². The van der Waals surface area contributed by atoms with Crippen LogP contribution in [0.3, 0.4) is 0 Å². The van der Waals surface area contributed by atoms with E-state index in [-0.39, 0.29) is 6.04 Å². The predicted molar refractivity (Wildman–Crippen MR) is 105 cm³/mol. The molecule has 2 aliphatic rings. The number of amides is 1. The highest BCUT2D eigenvalue weighted by Crippen LogP contribution is 2.21. The van der Waals surface area contributed by atoms with E-state index in [1.165, 1.54) is 17.0 Å².